The van der Waals surface area contributed by atoms with Crippen molar-refractivity contribution in [3.8, 4) is 5.75 Å². The van der Waals surface area contributed by atoms with Crippen LogP contribution in [0.2, 0.25) is 0 Å². The van der Waals surface area contributed by atoms with Crippen LogP contribution in [0, 0.1) is 0 Å². The van der Waals surface area contributed by atoms with Gasteiger partial charge >= 0.3 is 5.97 Å². The lowest BCUT2D eigenvalue weighted by atomic mass is 10.2. The number of benzene rings is 1. The second-order valence-electron chi connectivity index (χ2n) is 5.15. The fourth-order valence-electron chi connectivity index (χ4n) is 2.41. The van der Waals surface area contributed by atoms with Crippen molar-refractivity contribution >= 4 is 22.7 Å². The average Bonchev–Trinajstić information content (AvgIpc) is 3.22. The number of rotatable bonds is 4. The first-order valence-electron chi connectivity index (χ1n) is 7.26. The van der Waals surface area contributed by atoms with Gasteiger partial charge in [0, 0.05) is 30.0 Å². The smallest absolute Gasteiger partial charge is 0.373 e. The molecule has 0 aliphatic heterocycles. The maximum Gasteiger partial charge on any atom is 0.373 e. The third-order valence-electron chi connectivity index (χ3n) is 3.55. The largest absolute Gasteiger partial charge is 0.487 e. The number of imidazole rings is 1. The van der Waals surface area contributed by atoms with E-state index >= 15 is 0 Å². The fourth-order valence-corrected chi connectivity index (χ4v) is 2.41. The van der Waals surface area contributed by atoms with Gasteiger partial charge in [-0.2, -0.15) is 0 Å². The molecule has 0 N–H and O–H groups in total. The summed E-state index contributed by atoms with van der Waals surface area (Å²) in [5.74, 6) is 0.903. The second kappa shape index (κ2) is 5.69. The minimum absolute atomic E-state index is 0.163. The van der Waals surface area contributed by atoms with Crippen LogP contribution in [-0.4, -0.2) is 27.4 Å². The quantitative estimate of drug-likeness (QED) is 0.537. The standard InChI is InChI=1S/C17H13N3O4/c1-22-16(21)15-7-11-3-4-13(8-14(11)24-15)23-10-12-9-20-6-2-5-18-17(20)19-12/h2-9H,10H2,1H3. The van der Waals surface area contributed by atoms with E-state index in [4.69, 9.17) is 9.15 Å². The maximum absolute atomic E-state index is 11.5. The Hall–Kier alpha value is -3.35. The van der Waals surface area contributed by atoms with Crippen molar-refractivity contribution in [2.75, 3.05) is 7.11 Å². The molecule has 120 valence electrons. The number of furan rings is 1. The molecule has 0 aliphatic rings. The highest BCUT2D eigenvalue weighted by Gasteiger charge is 2.13. The molecule has 0 aliphatic carbocycles. The van der Waals surface area contributed by atoms with Crippen molar-refractivity contribution in [1.29, 1.82) is 0 Å². The molecule has 7 nitrogen and oxygen atoms in total. The van der Waals surface area contributed by atoms with Gasteiger partial charge in [0.2, 0.25) is 11.5 Å². The Kier molecular flexibility index (Phi) is 3.38. The molecule has 0 saturated carbocycles. The molecule has 0 amide bonds. The van der Waals surface area contributed by atoms with Crippen LogP contribution in [0.1, 0.15) is 16.2 Å². The Labute approximate surface area is 136 Å². The summed E-state index contributed by atoms with van der Waals surface area (Å²) in [7, 11) is 1.31. The number of hydrogen-bond donors (Lipinski definition) is 0. The number of ether oxygens (including phenoxy) is 2. The van der Waals surface area contributed by atoms with Crippen molar-refractivity contribution in [1.82, 2.24) is 14.4 Å². The second-order valence-corrected chi connectivity index (χ2v) is 5.15. The zero-order valence-electron chi connectivity index (χ0n) is 12.8. The summed E-state index contributed by atoms with van der Waals surface area (Å²) in [6.07, 6.45) is 5.43. The maximum atomic E-state index is 11.5. The predicted octanol–water partition coefficient (Wildman–Crippen LogP) is 2.84. The molecule has 3 aromatic heterocycles. The van der Waals surface area contributed by atoms with Crippen molar-refractivity contribution in [2.24, 2.45) is 0 Å². The molecule has 7 heteroatoms. The van der Waals surface area contributed by atoms with Gasteiger partial charge in [-0.1, -0.05) is 0 Å². The number of carbonyl (C=O) groups excluding carboxylic acids is 1. The molecule has 4 aromatic rings. The van der Waals surface area contributed by atoms with Crippen molar-refractivity contribution in [3.63, 3.8) is 0 Å². The zero-order valence-corrected chi connectivity index (χ0v) is 12.8. The van der Waals surface area contributed by atoms with Crippen LogP contribution in [0.15, 0.2) is 53.3 Å². The highest BCUT2D eigenvalue weighted by atomic mass is 16.5. The third kappa shape index (κ3) is 2.56. The monoisotopic (exact) mass is 323 g/mol. The number of esters is 1. The van der Waals surface area contributed by atoms with E-state index in [1.165, 1.54) is 7.11 Å². The molecule has 0 unspecified atom stereocenters. The number of methoxy groups -OCH3 is 1. The first kappa shape index (κ1) is 14.3. The van der Waals surface area contributed by atoms with E-state index in [1.807, 2.05) is 35.0 Å². The fraction of sp³-hybridized carbons (Fsp3) is 0.118. The Morgan fingerprint density at radius 3 is 3.08 bits per heavy atom. The van der Waals surface area contributed by atoms with Crippen LogP contribution in [-0.2, 0) is 11.3 Å². The zero-order chi connectivity index (χ0) is 16.5. The Morgan fingerprint density at radius 2 is 2.25 bits per heavy atom. The molecule has 1 aromatic carbocycles. The Bertz CT molecular complexity index is 1000. The van der Waals surface area contributed by atoms with Crippen LogP contribution >= 0.6 is 0 Å². The van der Waals surface area contributed by atoms with Crippen molar-refractivity contribution in [2.45, 2.75) is 6.61 Å². The molecule has 0 spiro atoms. The van der Waals surface area contributed by atoms with E-state index in [1.54, 1.807) is 18.3 Å². The summed E-state index contributed by atoms with van der Waals surface area (Å²) in [6.45, 7) is 0.305. The van der Waals surface area contributed by atoms with Gasteiger partial charge in [-0.15, -0.1) is 0 Å². The third-order valence-corrected chi connectivity index (χ3v) is 3.55. The van der Waals surface area contributed by atoms with E-state index in [0.717, 1.165) is 11.1 Å². The topological polar surface area (TPSA) is 78.9 Å². The molecular weight excluding hydrogens is 310 g/mol. The lowest BCUT2D eigenvalue weighted by Crippen LogP contribution is -1.97. The molecule has 0 atom stereocenters. The summed E-state index contributed by atoms with van der Waals surface area (Å²) < 4.78 is 17.7. The van der Waals surface area contributed by atoms with Gasteiger partial charge in [0.05, 0.1) is 12.8 Å². The Morgan fingerprint density at radius 1 is 1.33 bits per heavy atom. The van der Waals surface area contributed by atoms with E-state index < -0.39 is 5.97 Å². The molecular formula is C17H13N3O4. The van der Waals surface area contributed by atoms with E-state index in [2.05, 4.69) is 14.7 Å². The number of fused-ring (bicyclic) bond motifs is 2. The lowest BCUT2D eigenvalue weighted by Gasteiger charge is -2.03. The van der Waals surface area contributed by atoms with Gasteiger partial charge < -0.3 is 13.9 Å². The molecule has 4 rings (SSSR count). The van der Waals surface area contributed by atoms with Crippen molar-refractivity contribution in [3.05, 3.63) is 60.4 Å². The summed E-state index contributed by atoms with van der Waals surface area (Å²) >= 11 is 0. The van der Waals surface area contributed by atoms with Crippen LogP contribution in [0.3, 0.4) is 0 Å². The number of carbonyl (C=O) groups is 1. The number of nitrogens with zero attached hydrogens (tertiary/aromatic N) is 3. The van der Waals surface area contributed by atoms with Crippen LogP contribution in [0.5, 0.6) is 5.75 Å². The minimum atomic E-state index is -0.508. The number of aromatic nitrogens is 3. The van der Waals surface area contributed by atoms with Gasteiger partial charge in [0.25, 0.3) is 0 Å². The molecule has 24 heavy (non-hydrogen) atoms. The van der Waals surface area contributed by atoms with E-state index in [0.29, 0.717) is 23.7 Å². The average molecular weight is 323 g/mol. The highest BCUT2D eigenvalue weighted by Crippen LogP contribution is 2.25. The van der Waals surface area contributed by atoms with Gasteiger partial charge in [0.1, 0.15) is 17.9 Å². The molecule has 0 radical (unpaired) electrons. The molecule has 3 heterocycles. The van der Waals surface area contributed by atoms with Crippen LogP contribution in [0.4, 0.5) is 0 Å². The number of hydrogen-bond acceptors (Lipinski definition) is 6. The summed E-state index contributed by atoms with van der Waals surface area (Å²) in [6, 6.07) is 8.84. The first-order valence-corrected chi connectivity index (χ1v) is 7.26. The predicted molar refractivity (Wildman–Crippen MR) is 84.9 cm³/mol. The van der Waals surface area contributed by atoms with Crippen molar-refractivity contribution < 1.29 is 18.7 Å². The van der Waals surface area contributed by atoms with E-state index in [9.17, 15) is 4.79 Å². The van der Waals surface area contributed by atoms with E-state index in [-0.39, 0.29) is 5.76 Å². The minimum Gasteiger partial charge on any atom is -0.487 e. The highest BCUT2D eigenvalue weighted by molar-refractivity contribution is 5.92. The SMILES string of the molecule is COC(=O)c1cc2ccc(OCc3cn4cccnc4n3)cc2o1. The van der Waals surface area contributed by atoms with Gasteiger partial charge in [-0.25, -0.2) is 14.8 Å². The molecule has 0 saturated heterocycles. The molecule has 0 fully saturated rings. The molecule has 0 bridgehead atoms. The summed E-state index contributed by atoms with van der Waals surface area (Å²) in [5, 5.41) is 0.805. The summed E-state index contributed by atoms with van der Waals surface area (Å²) in [4.78, 5) is 20.0. The van der Waals surface area contributed by atoms with Crippen LogP contribution < -0.4 is 4.74 Å². The lowest BCUT2D eigenvalue weighted by molar-refractivity contribution is 0.0567. The normalized spacial score (nSPS) is 11.0. The van der Waals surface area contributed by atoms with Crippen LogP contribution in [0.25, 0.3) is 16.7 Å². The summed E-state index contributed by atoms with van der Waals surface area (Å²) in [5.41, 5.74) is 1.33. The Balaban J connectivity index is 1.54. The van der Waals surface area contributed by atoms with Gasteiger partial charge in [-0.05, 0) is 24.3 Å². The van der Waals surface area contributed by atoms with Gasteiger partial charge in [-0.3, -0.25) is 4.40 Å². The first-order chi connectivity index (χ1) is 11.7. The van der Waals surface area contributed by atoms with Gasteiger partial charge in [0.15, 0.2) is 0 Å².